The van der Waals surface area contributed by atoms with Crippen LogP contribution in [0.1, 0.15) is 39.0 Å². The normalized spacial score (nSPS) is 29.0. The zero-order chi connectivity index (χ0) is 17.1. The number of aromatic nitrogens is 2. The molecule has 5 heteroatoms. The zero-order valence-corrected chi connectivity index (χ0v) is 15.5. The average Bonchev–Trinajstić information content (AvgIpc) is 2.95. The fraction of sp³-hybridized carbons (Fsp3) is 0.789. The third-order valence-corrected chi connectivity index (χ3v) is 5.65. The second kappa shape index (κ2) is 7.79. The quantitative estimate of drug-likeness (QED) is 0.775. The number of hydrogen-bond donors (Lipinski definition) is 0. The van der Waals surface area contributed by atoms with Crippen LogP contribution in [0.4, 0.5) is 0 Å². The van der Waals surface area contributed by atoms with E-state index in [-0.39, 0.29) is 0 Å². The van der Waals surface area contributed by atoms with E-state index in [0.29, 0.717) is 29.6 Å². The van der Waals surface area contributed by atoms with Crippen LogP contribution < -0.4 is 0 Å². The van der Waals surface area contributed by atoms with Crippen LogP contribution in [0, 0.1) is 30.6 Å². The van der Waals surface area contributed by atoms with Crippen molar-refractivity contribution < 1.29 is 9.15 Å². The van der Waals surface area contributed by atoms with Crippen molar-refractivity contribution in [3.8, 4) is 0 Å². The SMILES string of the molecule is CC1=C[C@@H](CN2CCOCC2)[C@H](C(C)C)C[C@@H]1Cc1nnc(C)o1. The maximum Gasteiger partial charge on any atom is 0.217 e. The van der Waals surface area contributed by atoms with Crippen LogP contribution in [0.15, 0.2) is 16.1 Å². The number of rotatable bonds is 5. The number of aryl methyl sites for hydroxylation is 1. The number of ether oxygens (including phenoxy) is 1. The molecule has 134 valence electrons. The fourth-order valence-corrected chi connectivity index (χ4v) is 4.20. The van der Waals surface area contributed by atoms with E-state index < -0.39 is 0 Å². The van der Waals surface area contributed by atoms with Crippen molar-refractivity contribution in [1.82, 2.24) is 15.1 Å². The van der Waals surface area contributed by atoms with E-state index in [0.717, 1.165) is 45.2 Å². The Balaban J connectivity index is 1.70. The first kappa shape index (κ1) is 17.6. The molecule has 24 heavy (non-hydrogen) atoms. The molecule has 3 atom stereocenters. The van der Waals surface area contributed by atoms with E-state index in [1.54, 1.807) is 0 Å². The highest BCUT2D eigenvalue weighted by Gasteiger charge is 2.33. The van der Waals surface area contributed by atoms with Crippen molar-refractivity contribution >= 4 is 0 Å². The zero-order valence-electron chi connectivity index (χ0n) is 15.5. The van der Waals surface area contributed by atoms with Crippen molar-refractivity contribution in [1.29, 1.82) is 0 Å². The molecule has 1 aliphatic carbocycles. The van der Waals surface area contributed by atoms with E-state index >= 15 is 0 Å². The van der Waals surface area contributed by atoms with Gasteiger partial charge in [0.05, 0.1) is 13.2 Å². The molecule has 0 bridgehead atoms. The second-order valence-electron chi connectivity index (χ2n) is 7.75. The fourth-order valence-electron chi connectivity index (χ4n) is 4.20. The minimum absolute atomic E-state index is 0.526. The van der Waals surface area contributed by atoms with Gasteiger partial charge in [-0.25, -0.2) is 0 Å². The molecule has 3 rings (SSSR count). The summed E-state index contributed by atoms with van der Waals surface area (Å²) in [4.78, 5) is 2.56. The lowest BCUT2D eigenvalue weighted by atomic mass is 9.69. The number of hydrogen-bond acceptors (Lipinski definition) is 5. The molecule has 0 saturated carbocycles. The first-order valence-corrected chi connectivity index (χ1v) is 9.30. The van der Waals surface area contributed by atoms with E-state index in [2.05, 4.69) is 41.9 Å². The second-order valence-corrected chi connectivity index (χ2v) is 7.75. The van der Waals surface area contributed by atoms with Crippen molar-refractivity contribution in [2.75, 3.05) is 32.8 Å². The molecule has 1 aliphatic heterocycles. The van der Waals surface area contributed by atoms with Crippen LogP contribution in [0.25, 0.3) is 0 Å². The predicted octanol–water partition coefficient (Wildman–Crippen LogP) is 3.11. The van der Waals surface area contributed by atoms with Crippen molar-refractivity contribution in [3.63, 3.8) is 0 Å². The van der Waals surface area contributed by atoms with E-state index in [9.17, 15) is 0 Å². The van der Waals surface area contributed by atoms with E-state index in [4.69, 9.17) is 9.15 Å². The average molecular weight is 333 g/mol. The van der Waals surface area contributed by atoms with Gasteiger partial charge in [-0.3, -0.25) is 4.90 Å². The Hall–Kier alpha value is -1.20. The highest BCUT2D eigenvalue weighted by atomic mass is 16.5. The third-order valence-electron chi connectivity index (χ3n) is 5.65. The molecule has 1 fully saturated rings. The van der Waals surface area contributed by atoms with Gasteiger partial charge in [0.2, 0.25) is 11.8 Å². The molecule has 2 aliphatic rings. The monoisotopic (exact) mass is 333 g/mol. The Kier molecular flexibility index (Phi) is 5.72. The molecular weight excluding hydrogens is 302 g/mol. The summed E-state index contributed by atoms with van der Waals surface area (Å²) in [5.41, 5.74) is 1.49. The van der Waals surface area contributed by atoms with Crippen LogP contribution in [0.3, 0.4) is 0 Å². The molecule has 5 nitrogen and oxygen atoms in total. The van der Waals surface area contributed by atoms with Crippen molar-refractivity contribution in [2.45, 2.75) is 40.5 Å². The van der Waals surface area contributed by atoms with Gasteiger partial charge in [0, 0.05) is 33.0 Å². The molecule has 0 radical (unpaired) electrons. The third kappa shape index (κ3) is 4.25. The van der Waals surface area contributed by atoms with Crippen LogP contribution >= 0.6 is 0 Å². The van der Waals surface area contributed by atoms with E-state index in [1.165, 1.54) is 12.0 Å². The highest BCUT2D eigenvalue weighted by molar-refractivity contribution is 5.14. The Morgan fingerprint density at radius 1 is 1.21 bits per heavy atom. The van der Waals surface area contributed by atoms with Crippen LogP contribution in [0.5, 0.6) is 0 Å². The van der Waals surface area contributed by atoms with Gasteiger partial charge in [0.15, 0.2) is 0 Å². The van der Waals surface area contributed by atoms with Gasteiger partial charge < -0.3 is 9.15 Å². The Labute approximate surface area is 145 Å². The first-order valence-electron chi connectivity index (χ1n) is 9.30. The lowest BCUT2D eigenvalue weighted by Crippen LogP contribution is -2.42. The lowest BCUT2D eigenvalue weighted by Gasteiger charge is -2.40. The standard InChI is InChI=1S/C19H31N3O2/c1-13(2)18-10-16(11-19-21-20-15(4)24-19)14(3)9-17(18)12-22-5-7-23-8-6-22/h9,13,16-18H,5-8,10-12H2,1-4H3/t16-,17+,18+/m1/s1. The Bertz CT molecular complexity index is 561. The summed E-state index contributed by atoms with van der Waals surface area (Å²) in [5, 5.41) is 8.16. The van der Waals surface area contributed by atoms with Crippen molar-refractivity contribution in [3.05, 3.63) is 23.4 Å². The molecule has 1 aromatic rings. The minimum Gasteiger partial charge on any atom is -0.426 e. The van der Waals surface area contributed by atoms with Gasteiger partial charge in [0.1, 0.15) is 0 Å². The summed E-state index contributed by atoms with van der Waals surface area (Å²) in [7, 11) is 0. The van der Waals surface area contributed by atoms with Gasteiger partial charge in [-0.1, -0.05) is 25.5 Å². The van der Waals surface area contributed by atoms with Gasteiger partial charge in [0.25, 0.3) is 0 Å². The summed E-state index contributed by atoms with van der Waals surface area (Å²) in [6.07, 6.45) is 4.62. The minimum atomic E-state index is 0.526. The first-order chi connectivity index (χ1) is 11.5. The summed E-state index contributed by atoms with van der Waals surface area (Å²) in [5.74, 6) is 4.01. The molecule has 0 aromatic carbocycles. The van der Waals surface area contributed by atoms with Crippen LogP contribution in [0.2, 0.25) is 0 Å². The van der Waals surface area contributed by atoms with Gasteiger partial charge >= 0.3 is 0 Å². The molecule has 0 N–H and O–H groups in total. The number of allylic oxidation sites excluding steroid dienone is 1. The Morgan fingerprint density at radius 2 is 1.96 bits per heavy atom. The molecule has 1 aromatic heterocycles. The summed E-state index contributed by atoms with van der Waals surface area (Å²) >= 11 is 0. The van der Waals surface area contributed by atoms with Gasteiger partial charge in [-0.2, -0.15) is 0 Å². The molecule has 1 saturated heterocycles. The summed E-state index contributed by atoms with van der Waals surface area (Å²) < 4.78 is 11.1. The smallest absolute Gasteiger partial charge is 0.217 e. The number of nitrogens with zero attached hydrogens (tertiary/aromatic N) is 3. The number of morpholine rings is 1. The lowest BCUT2D eigenvalue weighted by molar-refractivity contribution is 0.0256. The molecular formula is C19H31N3O2. The summed E-state index contributed by atoms with van der Waals surface area (Å²) in [6.45, 7) is 13.9. The largest absolute Gasteiger partial charge is 0.426 e. The predicted molar refractivity (Wildman–Crippen MR) is 93.7 cm³/mol. The topological polar surface area (TPSA) is 51.4 Å². The molecule has 0 unspecified atom stereocenters. The molecule has 2 heterocycles. The van der Waals surface area contributed by atoms with Crippen molar-refractivity contribution in [2.24, 2.45) is 23.7 Å². The molecule has 0 spiro atoms. The Morgan fingerprint density at radius 3 is 2.58 bits per heavy atom. The van der Waals surface area contributed by atoms with Gasteiger partial charge in [-0.05, 0) is 37.0 Å². The maximum absolute atomic E-state index is 5.61. The van der Waals surface area contributed by atoms with Crippen LogP contribution in [-0.2, 0) is 11.2 Å². The summed E-state index contributed by atoms with van der Waals surface area (Å²) in [6, 6.07) is 0. The highest BCUT2D eigenvalue weighted by Crippen LogP contribution is 2.39. The van der Waals surface area contributed by atoms with Gasteiger partial charge in [-0.15, -0.1) is 10.2 Å². The molecule has 0 amide bonds. The maximum atomic E-state index is 5.61. The van der Waals surface area contributed by atoms with E-state index in [1.807, 2.05) is 6.92 Å². The van der Waals surface area contributed by atoms with Crippen LogP contribution in [-0.4, -0.2) is 47.9 Å².